The third-order valence-corrected chi connectivity index (χ3v) is 7.52. The lowest BCUT2D eigenvalue weighted by Crippen LogP contribution is -2.56. The Labute approximate surface area is 207 Å². The van der Waals surface area contributed by atoms with Crippen molar-refractivity contribution >= 4 is 17.3 Å². The van der Waals surface area contributed by atoms with Crippen LogP contribution in [0.15, 0.2) is 30.6 Å². The molecule has 8 heteroatoms. The summed E-state index contributed by atoms with van der Waals surface area (Å²) in [5.41, 5.74) is 11.8. The fraction of sp³-hybridized carbons (Fsp3) is 0.519. The van der Waals surface area contributed by atoms with Crippen molar-refractivity contribution in [3.63, 3.8) is 0 Å². The molecular weight excluding hydrogens is 440 g/mol. The number of aromatic nitrogens is 1. The Morgan fingerprint density at radius 1 is 1.34 bits per heavy atom. The number of hydrazine groups is 1. The van der Waals surface area contributed by atoms with Crippen LogP contribution < -0.4 is 15.8 Å². The van der Waals surface area contributed by atoms with Gasteiger partial charge >= 0.3 is 0 Å². The maximum absolute atomic E-state index is 12.9. The lowest BCUT2D eigenvalue weighted by Gasteiger charge is -2.43. The molecule has 1 atom stereocenters. The molecule has 0 spiro atoms. The van der Waals surface area contributed by atoms with Crippen molar-refractivity contribution < 1.29 is 9.53 Å². The van der Waals surface area contributed by atoms with E-state index in [4.69, 9.17) is 9.72 Å². The Bertz CT molecular complexity index is 1130. The second-order valence-electron chi connectivity index (χ2n) is 9.94. The lowest BCUT2D eigenvalue weighted by atomic mass is 9.92. The van der Waals surface area contributed by atoms with Crippen LogP contribution in [0.25, 0.3) is 5.57 Å². The molecule has 0 bridgehead atoms. The van der Waals surface area contributed by atoms with Crippen LogP contribution in [0, 0.1) is 24.2 Å². The molecule has 1 aromatic heterocycles. The molecular formula is C27H34N6O2. The number of ether oxygens (including phenoxy) is 1. The number of carbonyl (C=O) groups excluding carboxylic acids is 1. The van der Waals surface area contributed by atoms with Gasteiger partial charge in [0.2, 0.25) is 5.91 Å². The summed E-state index contributed by atoms with van der Waals surface area (Å²) in [5, 5.41) is 10.2. The number of nitrogens with one attached hydrogen (secondary N) is 2. The molecule has 4 aliphatic rings. The number of hydrogen-bond acceptors (Lipinski definition) is 7. The van der Waals surface area contributed by atoms with E-state index >= 15 is 0 Å². The second-order valence-corrected chi connectivity index (χ2v) is 9.94. The number of anilines is 1. The van der Waals surface area contributed by atoms with E-state index in [0.29, 0.717) is 43.5 Å². The first-order valence-electron chi connectivity index (χ1n) is 12.6. The van der Waals surface area contributed by atoms with Crippen LogP contribution in [0.1, 0.15) is 60.4 Å². The zero-order valence-electron chi connectivity index (χ0n) is 20.6. The number of rotatable bonds is 8. The highest BCUT2D eigenvalue weighted by Crippen LogP contribution is 2.46. The van der Waals surface area contributed by atoms with Gasteiger partial charge in [-0.15, -0.1) is 0 Å². The van der Waals surface area contributed by atoms with Crippen LogP contribution in [0.5, 0.6) is 0 Å². The van der Waals surface area contributed by atoms with Gasteiger partial charge in [0.1, 0.15) is 11.9 Å². The zero-order valence-corrected chi connectivity index (χ0v) is 20.6. The van der Waals surface area contributed by atoms with Crippen molar-refractivity contribution in [2.75, 3.05) is 38.3 Å². The first kappa shape index (κ1) is 23.4. The smallest absolute Gasteiger partial charge is 0.225 e. The van der Waals surface area contributed by atoms with Crippen molar-refractivity contribution in [3.05, 3.63) is 53.0 Å². The summed E-state index contributed by atoms with van der Waals surface area (Å²) in [6.07, 6.45) is 10.7. The van der Waals surface area contributed by atoms with Crippen molar-refractivity contribution in [2.45, 2.75) is 51.0 Å². The molecule has 184 valence electrons. The van der Waals surface area contributed by atoms with E-state index in [1.807, 2.05) is 19.2 Å². The number of amides is 1. The fourth-order valence-corrected chi connectivity index (χ4v) is 5.32. The van der Waals surface area contributed by atoms with Gasteiger partial charge in [-0.05, 0) is 56.2 Å². The van der Waals surface area contributed by atoms with Gasteiger partial charge in [-0.25, -0.2) is 4.98 Å². The average molecular weight is 475 g/mol. The van der Waals surface area contributed by atoms with Crippen LogP contribution in [0.4, 0.5) is 5.82 Å². The van der Waals surface area contributed by atoms with E-state index in [9.17, 15) is 10.1 Å². The predicted octanol–water partition coefficient (Wildman–Crippen LogP) is 3.12. The van der Waals surface area contributed by atoms with Gasteiger partial charge in [0.05, 0.1) is 36.0 Å². The normalized spacial score (nSPS) is 21.9. The maximum Gasteiger partial charge on any atom is 0.225 e. The van der Waals surface area contributed by atoms with Crippen LogP contribution >= 0.6 is 0 Å². The van der Waals surface area contributed by atoms with Crippen LogP contribution in [0.2, 0.25) is 0 Å². The highest BCUT2D eigenvalue weighted by Gasteiger charge is 2.42. The van der Waals surface area contributed by atoms with E-state index in [0.717, 1.165) is 66.1 Å². The zero-order chi connectivity index (χ0) is 24.5. The van der Waals surface area contributed by atoms with Gasteiger partial charge in [0.15, 0.2) is 0 Å². The molecule has 5 rings (SSSR count). The number of carbonyl (C=O) groups is 1. The number of methoxy groups -OCH3 is 1. The molecule has 2 aliphatic heterocycles. The van der Waals surface area contributed by atoms with Crippen molar-refractivity contribution in [2.24, 2.45) is 5.92 Å². The van der Waals surface area contributed by atoms with Crippen LogP contribution in [-0.2, 0) is 9.53 Å². The van der Waals surface area contributed by atoms with Gasteiger partial charge in [0.25, 0.3) is 0 Å². The molecule has 1 saturated heterocycles. The Balaban J connectivity index is 1.50. The quantitative estimate of drug-likeness (QED) is 0.598. The number of piperazine rings is 1. The molecule has 35 heavy (non-hydrogen) atoms. The minimum atomic E-state index is 0.164. The molecule has 0 aromatic carbocycles. The molecule has 2 N–H and O–H groups in total. The number of allylic oxidation sites excluding steroid dienone is 3. The van der Waals surface area contributed by atoms with E-state index in [1.54, 1.807) is 13.2 Å². The monoisotopic (exact) mass is 474 g/mol. The SMILES string of the molecule is C=CC1=CC(c2c(C3CC3)nc(N3CCN(C(=O)CCOC)[C@H](C4CC4)C3)c(C#N)c2C)=CNN1. The van der Waals surface area contributed by atoms with E-state index in [-0.39, 0.29) is 11.9 Å². The molecule has 2 saturated carbocycles. The second kappa shape index (κ2) is 9.74. The number of hydrogen-bond donors (Lipinski definition) is 2. The van der Waals surface area contributed by atoms with Gasteiger partial charge in [-0.2, -0.15) is 5.26 Å². The molecule has 1 amide bonds. The third-order valence-electron chi connectivity index (χ3n) is 7.52. The molecule has 3 fully saturated rings. The van der Waals surface area contributed by atoms with Crippen LogP contribution in [0.3, 0.4) is 0 Å². The molecule has 3 heterocycles. The van der Waals surface area contributed by atoms with Gasteiger partial charge in [0, 0.05) is 50.0 Å². The minimum Gasteiger partial charge on any atom is -0.384 e. The van der Waals surface area contributed by atoms with Crippen LogP contribution in [-0.4, -0.2) is 55.2 Å². The molecule has 0 radical (unpaired) electrons. The summed E-state index contributed by atoms with van der Waals surface area (Å²) in [4.78, 5) is 22.4. The Morgan fingerprint density at radius 2 is 2.14 bits per heavy atom. The minimum absolute atomic E-state index is 0.164. The summed E-state index contributed by atoms with van der Waals surface area (Å²) in [7, 11) is 1.63. The Morgan fingerprint density at radius 3 is 2.80 bits per heavy atom. The predicted molar refractivity (Wildman–Crippen MR) is 135 cm³/mol. The van der Waals surface area contributed by atoms with Crippen molar-refractivity contribution in [1.29, 1.82) is 5.26 Å². The van der Waals surface area contributed by atoms with Gasteiger partial charge in [-0.1, -0.05) is 6.58 Å². The number of nitriles is 1. The summed E-state index contributed by atoms with van der Waals surface area (Å²) in [6, 6.07) is 2.64. The maximum atomic E-state index is 12.9. The first-order valence-corrected chi connectivity index (χ1v) is 12.6. The lowest BCUT2D eigenvalue weighted by molar-refractivity contribution is -0.135. The topological polar surface area (TPSA) is 93.5 Å². The number of nitrogens with zero attached hydrogens (tertiary/aromatic N) is 4. The molecule has 8 nitrogen and oxygen atoms in total. The van der Waals surface area contributed by atoms with E-state index < -0.39 is 0 Å². The van der Waals surface area contributed by atoms with Crippen molar-refractivity contribution in [3.8, 4) is 6.07 Å². The fourth-order valence-electron chi connectivity index (χ4n) is 5.32. The highest BCUT2D eigenvalue weighted by atomic mass is 16.5. The average Bonchev–Trinajstić information content (AvgIpc) is 3.79. The van der Waals surface area contributed by atoms with E-state index in [2.05, 4.69) is 33.3 Å². The number of pyridine rings is 1. The van der Waals surface area contributed by atoms with Crippen molar-refractivity contribution in [1.82, 2.24) is 20.7 Å². The van der Waals surface area contributed by atoms with Gasteiger partial charge < -0.3 is 25.4 Å². The van der Waals surface area contributed by atoms with E-state index in [1.165, 1.54) is 0 Å². The first-order chi connectivity index (χ1) is 17.0. The summed E-state index contributed by atoms with van der Waals surface area (Å²) >= 11 is 0. The molecule has 2 aliphatic carbocycles. The molecule has 0 unspecified atom stereocenters. The summed E-state index contributed by atoms with van der Waals surface area (Å²) in [5.74, 6) is 1.90. The largest absolute Gasteiger partial charge is 0.384 e. The standard InChI is InChI=1S/C27H34N6O2/c1-4-21-13-20(15-29-31-21)25-17(2)22(14-28)27(30-26(25)19-7-8-19)32-10-11-33(24(34)9-12-35-3)23(16-32)18-5-6-18/h4,13,15,18-19,23,29,31H,1,5-12,16H2,2-3H3/t23-/m0/s1. The third kappa shape index (κ3) is 4.65. The summed E-state index contributed by atoms with van der Waals surface area (Å²) in [6.45, 7) is 8.42. The molecule has 1 aromatic rings. The summed E-state index contributed by atoms with van der Waals surface area (Å²) < 4.78 is 5.14. The van der Waals surface area contributed by atoms with Gasteiger partial charge in [-0.3, -0.25) is 4.79 Å². The highest BCUT2D eigenvalue weighted by molar-refractivity contribution is 5.82. The Hall–Kier alpha value is -3.31. The Kier molecular flexibility index (Phi) is 6.52.